The van der Waals surface area contributed by atoms with Gasteiger partial charge in [0.05, 0.1) is 42.1 Å². The minimum absolute atomic E-state index is 0.00854. The van der Waals surface area contributed by atoms with Crippen LogP contribution in [-0.4, -0.2) is 44.4 Å². The number of ketones is 1. The molecule has 3 rings (SSSR count). The highest BCUT2D eigenvalue weighted by molar-refractivity contribution is 9.10. The zero-order valence-electron chi connectivity index (χ0n) is 18.2. The Hall–Kier alpha value is -2.81. The van der Waals surface area contributed by atoms with E-state index in [9.17, 15) is 28.7 Å². The van der Waals surface area contributed by atoms with Crippen LogP contribution in [0.3, 0.4) is 0 Å². The van der Waals surface area contributed by atoms with Crippen LogP contribution in [0.25, 0.3) is 16.5 Å². The van der Waals surface area contributed by atoms with Crippen LogP contribution in [0.1, 0.15) is 25.8 Å². The standard InChI is InChI=1S/C23H20BrF2N3O4S/c1-3-33-21(32)17(13(2)30)10-19(31)23(25,26)34-22-28-12-20(24)29(22)18-9-8-14(11-27)15-6-4-5-7-16(15)18/h4-9,12-13,17,30H,3,10H2,1-2H3. The van der Waals surface area contributed by atoms with E-state index in [4.69, 9.17) is 4.74 Å². The van der Waals surface area contributed by atoms with Crippen LogP contribution in [0.4, 0.5) is 8.78 Å². The summed E-state index contributed by atoms with van der Waals surface area (Å²) in [5, 5.41) is 16.3. The Morgan fingerprint density at radius 3 is 2.59 bits per heavy atom. The summed E-state index contributed by atoms with van der Waals surface area (Å²) < 4.78 is 36.5. The molecule has 0 spiro atoms. The van der Waals surface area contributed by atoms with Crippen molar-refractivity contribution in [3.63, 3.8) is 0 Å². The molecule has 1 N–H and O–H groups in total. The number of hydrogen-bond donors (Lipinski definition) is 1. The number of hydrogen-bond acceptors (Lipinski definition) is 7. The Kier molecular flexibility index (Phi) is 8.07. The van der Waals surface area contributed by atoms with Gasteiger partial charge in [0, 0.05) is 17.2 Å². The Morgan fingerprint density at radius 1 is 1.29 bits per heavy atom. The van der Waals surface area contributed by atoms with Gasteiger partial charge in [0.1, 0.15) is 4.60 Å². The molecule has 34 heavy (non-hydrogen) atoms. The lowest BCUT2D eigenvalue weighted by Gasteiger charge is -2.21. The van der Waals surface area contributed by atoms with Crippen molar-refractivity contribution in [3.05, 3.63) is 52.8 Å². The molecule has 11 heteroatoms. The Balaban J connectivity index is 1.96. The summed E-state index contributed by atoms with van der Waals surface area (Å²) in [6.07, 6.45) is -0.907. The van der Waals surface area contributed by atoms with Gasteiger partial charge in [-0.1, -0.05) is 24.3 Å². The molecule has 3 aromatic rings. The first-order chi connectivity index (χ1) is 16.1. The lowest BCUT2D eigenvalue weighted by molar-refractivity contribution is -0.155. The molecule has 0 saturated heterocycles. The van der Waals surface area contributed by atoms with E-state index in [0.29, 0.717) is 26.6 Å². The van der Waals surface area contributed by atoms with Crippen molar-refractivity contribution < 1.29 is 28.2 Å². The number of carbonyl (C=O) groups excluding carboxylic acids is 2. The molecule has 0 aliphatic carbocycles. The third-order valence-electron chi connectivity index (χ3n) is 5.07. The number of aromatic nitrogens is 2. The van der Waals surface area contributed by atoms with E-state index in [1.165, 1.54) is 24.6 Å². The number of aliphatic hydroxyl groups is 1. The van der Waals surface area contributed by atoms with Crippen molar-refractivity contribution in [1.82, 2.24) is 9.55 Å². The highest BCUT2D eigenvalue weighted by Gasteiger charge is 2.44. The monoisotopic (exact) mass is 551 g/mol. The quantitative estimate of drug-likeness (QED) is 0.299. The molecule has 178 valence electrons. The predicted octanol–water partition coefficient (Wildman–Crippen LogP) is 4.86. The van der Waals surface area contributed by atoms with Crippen LogP contribution >= 0.6 is 27.7 Å². The van der Waals surface area contributed by atoms with Crippen LogP contribution in [0.15, 0.2) is 52.4 Å². The number of imidazole rings is 1. The number of Topliss-reactive ketones (excluding diaryl/α,β-unsaturated/α-hetero) is 1. The van der Waals surface area contributed by atoms with Gasteiger partial charge in [-0.15, -0.1) is 0 Å². The zero-order valence-corrected chi connectivity index (χ0v) is 20.6. The number of halogens is 3. The van der Waals surface area contributed by atoms with Crippen LogP contribution in [0.5, 0.6) is 0 Å². The van der Waals surface area contributed by atoms with E-state index in [1.54, 1.807) is 36.4 Å². The van der Waals surface area contributed by atoms with E-state index in [2.05, 4.69) is 27.0 Å². The first-order valence-electron chi connectivity index (χ1n) is 10.2. The van der Waals surface area contributed by atoms with Crippen molar-refractivity contribution in [1.29, 1.82) is 5.26 Å². The second-order valence-electron chi connectivity index (χ2n) is 7.33. The van der Waals surface area contributed by atoms with Gasteiger partial charge in [-0.05, 0) is 53.7 Å². The number of rotatable bonds is 9. The predicted molar refractivity (Wildman–Crippen MR) is 126 cm³/mol. The molecule has 0 bridgehead atoms. The fraction of sp³-hybridized carbons (Fsp3) is 0.304. The lowest BCUT2D eigenvalue weighted by atomic mass is 9.97. The number of nitrogens with zero attached hydrogens (tertiary/aromatic N) is 3. The Labute approximate surface area is 206 Å². The SMILES string of the molecule is CCOC(=O)C(CC(=O)C(F)(F)Sc1ncc(Br)n1-c1ccc(C#N)c2ccccc12)C(C)O. The number of carbonyl (C=O) groups is 2. The lowest BCUT2D eigenvalue weighted by Crippen LogP contribution is -2.35. The van der Waals surface area contributed by atoms with E-state index in [-0.39, 0.29) is 23.5 Å². The van der Waals surface area contributed by atoms with Crippen LogP contribution < -0.4 is 0 Å². The van der Waals surface area contributed by atoms with Crippen molar-refractivity contribution >= 4 is 50.2 Å². The average molecular weight is 552 g/mol. The summed E-state index contributed by atoms with van der Waals surface area (Å²) in [6, 6.07) is 12.3. The fourth-order valence-electron chi connectivity index (χ4n) is 3.37. The minimum Gasteiger partial charge on any atom is -0.466 e. The molecule has 0 radical (unpaired) electrons. The van der Waals surface area contributed by atoms with Crippen LogP contribution in [0.2, 0.25) is 0 Å². The summed E-state index contributed by atoms with van der Waals surface area (Å²) >= 11 is 3.25. The second kappa shape index (κ2) is 10.6. The number of nitriles is 1. The maximum Gasteiger partial charge on any atom is 0.358 e. The summed E-state index contributed by atoms with van der Waals surface area (Å²) in [5.41, 5.74) is 0.909. The number of esters is 1. The normalized spacial score (nSPS) is 13.3. The minimum atomic E-state index is -3.94. The first-order valence-corrected chi connectivity index (χ1v) is 11.8. The van der Waals surface area contributed by atoms with E-state index in [0.717, 1.165) is 0 Å². The summed E-state index contributed by atoms with van der Waals surface area (Å²) in [5.74, 6) is -3.86. The molecule has 7 nitrogen and oxygen atoms in total. The van der Waals surface area contributed by atoms with Gasteiger partial charge in [0.25, 0.3) is 0 Å². The molecule has 1 aromatic heterocycles. The largest absolute Gasteiger partial charge is 0.466 e. The zero-order chi connectivity index (χ0) is 25.0. The van der Waals surface area contributed by atoms with Gasteiger partial charge in [-0.3, -0.25) is 14.2 Å². The van der Waals surface area contributed by atoms with Gasteiger partial charge < -0.3 is 9.84 Å². The average Bonchev–Trinajstić information content (AvgIpc) is 3.15. The van der Waals surface area contributed by atoms with Gasteiger partial charge in [0.15, 0.2) is 5.16 Å². The first kappa shape index (κ1) is 25.8. The highest BCUT2D eigenvalue weighted by atomic mass is 79.9. The molecular weight excluding hydrogens is 532 g/mol. The summed E-state index contributed by atoms with van der Waals surface area (Å²) in [4.78, 5) is 28.5. The van der Waals surface area contributed by atoms with Crippen molar-refractivity contribution in [2.45, 2.75) is 36.8 Å². The van der Waals surface area contributed by atoms with Gasteiger partial charge in [-0.25, -0.2) is 4.98 Å². The third-order valence-corrected chi connectivity index (χ3v) is 6.58. The molecular formula is C23H20BrF2N3O4S. The molecule has 0 aliphatic heterocycles. The highest BCUT2D eigenvalue weighted by Crippen LogP contribution is 2.41. The molecule has 0 amide bonds. The molecule has 0 saturated carbocycles. The molecule has 2 unspecified atom stereocenters. The Bertz CT molecular complexity index is 1270. The molecule has 2 aromatic carbocycles. The van der Waals surface area contributed by atoms with Crippen molar-refractivity contribution in [2.24, 2.45) is 5.92 Å². The maximum atomic E-state index is 15.0. The number of thioether (sulfide) groups is 1. The van der Waals surface area contributed by atoms with E-state index < -0.39 is 35.4 Å². The number of aliphatic hydroxyl groups excluding tert-OH is 1. The summed E-state index contributed by atoms with van der Waals surface area (Å²) in [7, 11) is 0. The molecule has 0 fully saturated rings. The number of ether oxygens (including phenoxy) is 1. The Morgan fingerprint density at radius 2 is 1.97 bits per heavy atom. The van der Waals surface area contributed by atoms with E-state index >= 15 is 0 Å². The number of fused-ring (bicyclic) bond motifs is 1. The number of alkyl halides is 2. The van der Waals surface area contributed by atoms with Crippen molar-refractivity contribution in [2.75, 3.05) is 6.61 Å². The third kappa shape index (κ3) is 5.29. The topological polar surface area (TPSA) is 105 Å². The van der Waals surface area contributed by atoms with Gasteiger partial charge in [0.2, 0.25) is 5.78 Å². The van der Waals surface area contributed by atoms with Gasteiger partial charge in [-0.2, -0.15) is 14.0 Å². The number of benzene rings is 2. The molecule has 2 atom stereocenters. The van der Waals surface area contributed by atoms with Crippen LogP contribution in [-0.2, 0) is 14.3 Å². The fourth-order valence-corrected chi connectivity index (χ4v) is 4.77. The van der Waals surface area contributed by atoms with Gasteiger partial charge >= 0.3 is 11.2 Å². The maximum absolute atomic E-state index is 15.0. The van der Waals surface area contributed by atoms with E-state index in [1.807, 2.05) is 0 Å². The van der Waals surface area contributed by atoms with Crippen LogP contribution in [0, 0.1) is 17.2 Å². The van der Waals surface area contributed by atoms with Crippen molar-refractivity contribution in [3.8, 4) is 11.8 Å². The molecule has 0 aliphatic rings. The second-order valence-corrected chi connectivity index (χ2v) is 9.23. The summed E-state index contributed by atoms with van der Waals surface area (Å²) in [6.45, 7) is 2.76. The molecule has 1 heterocycles. The smallest absolute Gasteiger partial charge is 0.358 e.